The van der Waals surface area contributed by atoms with Crippen LogP contribution in [0.4, 0.5) is 23.2 Å². The summed E-state index contributed by atoms with van der Waals surface area (Å²) in [5, 5.41) is 2.60. The van der Waals surface area contributed by atoms with Crippen LogP contribution in [-0.4, -0.2) is 30.4 Å². The number of rotatable bonds is 3. The van der Waals surface area contributed by atoms with E-state index in [-0.39, 0.29) is 18.1 Å². The number of halogens is 4. The van der Waals surface area contributed by atoms with E-state index in [1.165, 1.54) is 6.07 Å². The van der Waals surface area contributed by atoms with E-state index in [9.17, 15) is 22.4 Å². The first-order valence-corrected chi connectivity index (χ1v) is 6.26. The van der Waals surface area contributed by atoms with E-state index in [1.54, 1.807) is 4.90 Å². The van der Waals surface area contributed by atoms with Crippen molar-refractivity contribution in [2.24, 2.45) is 0 Å². The van der Waals surface area contributed by atoms with Crippen LogP contribution in [0.3, 0.4) is 0 Å². The highest BCUT2D eigenvalue weighted by Gasteiger charge is 2.34. The van der Waals surface area contributed by atoms with Crippen molar-refractivity contribution < 1.29 is 22.4 Å². The van der Waals surface area contributed by atoms with E-state index in [0.29, 0.717) is 19.2 Å². The Labute approximate surface area is 113 Å². The van der Waals surface area contributed by atoms with Crippen molar-refractivity contribution in [1.82, 2.24) is 4.90 Å². The van der Waals surface area contributed by atoms with Gasteiger partial charge in [0.15, 0.2) is 0 Å². The summed E-state index contributed by atoms with van der Waals surface area (Å²) < 4.78 is 50.7. The number of benzene rings is 1. The van der Waals surface area contributed by atoms with Crippen LogP contribution in [-0.2, 0) is 11.0 Å². The van der Waals surface area contributed by atoms with Gasteiger partial charge in [-0.1, -0.05) is 0 Å². The summed E-state index contributed by atoms with van der Waals surface area (Å²) in [6.07, 6.45) is -2.86. The monoisotopic (exact) mass is 290 g/mol. The van der Waals surface area contributed by atoms with Crippen LogP contribution in [0, 0.1) is 5.82 Å². The second-order valence-electron chi connectivity index (χ2n) is 4.63. The van der Waals surface area contributed by atoms with Gasteiger partial charge in [0.05, 0.1) is 12.1 Å². The fourth-order valence-corrected chi connectivity index (χ4v) is 2.11. The molecule has 1 saturated heterocycles. The first kappa shape index (κ1) is 14.6. The molecule has 0 aromatic heterocycles. The Bertz CT molecular complexity index is 496. The van der Waals surface area contributed by atoms with Gasteiger partial charge in [-0.2, -0.15) is 13.2 Å². The van der Waals surface area contributed by atoms with Gasteiger partial charge in [0.1, 0.15) is 5.82 Å². The van der Waals surface area contributed by atoms with Crippen molar-refractivity contribution in [2.45, 2.75) is 19.0 Å². The molecule has 0 aliphatic carbocycles. The van der Waals surface area contributed by atoms with E-state index in [0.717, 1.165) is 18.9 Å². The molecule has 1 amide bonds. The smallest absolute Gasteiger partial charge is 0.376 e. The standard InChI is InChI=1S/C13H14F4N2O/c14-11-4-3-9(7-10(11)13(15,16)17)18-8-12(20)19-5-1-2-6-19/h3-4,7,18H,1-2,5-6,8H2. The second-order valence-corrected chi connectivity index (χ2v) is 4.63. The third-order valence-corrected chi connectivity index (χ3v) is 3.17. The minimum atomic E-state index is -4.75. The molecule has 0 saturated carbocycles. The zero-order valence-electron chi connectivity index (χ0n) is 10.6. The quantitative estimate of drug-likeness (QED) is 0.868. The predicted molar refractivity (Wildman–Crippen MR) is 65.7 cm³/mol. The van der Waals surface area contributed by atoms with Gasteiger partial charge < -0.3 is 10.2 Å². The Morgan fingerprint density at radius 2 is 1.90 bits per heavy atom. The number of hydrogen-bond donors (Lipinski definition) is 1. The van der Waals surface area contributed by atoms with Crippen LogP contribution in [0.15, 0.2) is 18.2 Å². The van der Waals surface area contributed by atoms with Crippen molar-refractivity contribution >= 4 is 11.6 Å². The van der Waals surface area contributed by atoms with Crippen LogP contribution in [0.25, 0.3) is 0 Å². The predicted octanol–water partition coefficient (Wildman–Crippen LogP) is 2.88. The fraction of sp³-hybridized carbons (Fsp3) is 0.462. The second kappa shape index (κ2) is 5.68. The van der Waals surface area contributed by atoms with E-state index < -0.39 is 17.6 Å². The summed E-state index contributed by atoms with van der Waals surface area (Å²) in [5.74, 6) is -1.49. The van der Waals surface area contributed by atoms with Crippen LogP contribution < -0.4 is 5.32 Å². The van der Waals surface area contributed by atoms with Gasteiger partial charge in [-0.05, 0) is 31.0 Å². The van der Waals surface area contributed by atoms with Crippen molar-refractivity contribution in [3.05, 3.63) is 29.6 Å². The summed E-state index contributed by atoms with van der Waals surface area (Å²) in [6.45, 7) is 1.26. The molecular formula is C13H14F4N2O. The molecule has 20 heavy (non-hydrogen) atoms. The number of alkyl halides is 3. The number of nitrogens with one attached hydrogen (secondary N) is 1. The molecule has 7 heteroatoms. The molecule has 1 aromatic rings. The summed E-state index contributed by atoms with van der Waals surface area (Å²) in [7, 11) is 0. The highest BCUT2D eigenvalue weighted by molar-refractivity contribution is 5.81. The SMILES string of the molecule is O=C(CNc1ccc(F)c(C(F)(F)F)c1)N1CCCC1. The third kappa shape index (κ3) is 3.40. The van der Waals surface area contributed by atoms with E-state index >= 15 is 0 Å². The molecule has 0 atom stereocenters. The normalized spacial score (nSPS) is 15.5. The molecule has 3 nitrogen and oxygen atoms in total. The largest absolute Gasteiger partial charge is 0.419 e. The molecule has 0 unspecified atom stereocenters. The Morgan fingerprint density at radius 1 is 1.25 bits per heavy atom. The lowest BCUT2D eigenvalue weighted by Crippen LogP contribution is -2.33. The fourth-order valence-electron chi connectivity index (χ4n) is 2.11. The Hall–Kier alpha value is -1.79. The lowest BCUT2D eigenvalue weighted by molar-refractivity contribution is -0.139. The molecule has 1 heterocycles. The lowest BCUT2D eigenvalue weighted by atomic mass is 10.2. The average Bonchev–Trinajstić information content (AvgIpc) is 2.90. The van der Waals surface area contributed by atoms with E-state index in [4.69, 9.17) is 0 Å². The maximum Gasteiger partial charge on any atom is 0.419 e. The summed E-state index contributed by atoms with van der Waals surface area (Å²) in [6, 6.07) is 2.60. The molecule has 0 bridgehead atoms. The molecule has 1 fully saturated rings. The van der Waals surface area contributed by atoms with Crippen molar-refractivity contribution in [3.8, 4) is 0 Å². The lowest BCUT2D eigenvalue weighted by Gasteiger charge is -2.16. The summed E-state index contributed by atoms with van der Waals surface area (Å²) in [4.78, 5) is 13.4. The van der Waals surface area contributed by atoms with Crippen molar-refractivity contribution in [1.29, 1.82) is 0 Å². The van der Waals surface area contributed by atoms with Crippen molar-refractivity contribution in [3.63, 3.8) is 0 Å². The number of hydrogen-bond acceptors (Lipinski definition) is 2. The van der Waals surface area contributed by atoms with Gasteiger partial charge in [0, 0.05) is 18.8 Å². The number of amides is 1. The summed E-state index contributed by atoms with van der Waals surface area (Å²) >= 11 is 0. The first-order valence-electron chi connectivity index (χ1n) is 6.26. The highest BCUT2D eigenvalue weighted by atomic mass is 19.4. The van der Waals surface area contributed by atoms with Gasteiger partial charge in [0.25, 0.3) is 0 Å². The zero-order chi connectivity index (χ0) is 14.8. The average molecular weight is 290 g/mol. The van der Waals surface area contributed by atoms with Crippen LogP contribution >= 0.6 is 0 Å². The maximum atomic E-state index is 13.1. The number of carbonyl (C=O) groups is 1. The maximum absolute atomic E-state index is 13.1. The number of likely N-dealkylation sites (tertiary alicyclic amines) is 1. The molecule has 1 N–H and O–H groups in total. The molecule has 110 valence electrons. The Kier molecular flexibility index (Phi) is 4.15. The minimum absolute atomic E-state index is 0.0753. The Morgan fingerprint density at radius 3 is 2.50 bits per heavy atom. The molecule has 1 aromatic carbocycles. The molecule has 1 aliphatic rings. The van der Waals surface area contributed by atoms with Crippen LogP contribution in [0.2, 0.25) is 0 Å². The number of carbonyl (C=O) groups excluding carboxylic acids is 1. The highest BCUT2D eigenvalue weighted by Crippen LogP contribution is 2.32. The van der Waals surface area contributed by atoms with E-state index in [1.807, 2.05) is 0 Å². The molecular weight excluding hydrogens is 276 g/mol. The summed E-state index contributed by atoms with van der Waals surface area (Å²) in [5.41, 5.74) is -1.26. The van der Waals surface area contributed by atoms with Gasteiger partial charge in [-0.3, -0.25) is 4.79 Å². The molecule has 0 radical (unpaired) electrons. The van der Waals surface area contributed by atoms with Gasteiger partial charge >= 0.3 is 6.18 Å². The number of anilines is 1. The minimum Gasteiger partial charge on any atom is -0.376 e. The van der Waals surface area contributed by atoms with E-state index in [2.05, 4.69) is 5.32 Å². The zero-order valence-corrected chi connectivity index (χ0v) is 10.6. The number of nitrogens with zero attached hydrogens (tertiary/aromatic N) is 1. The molecule has 1 aliphatic heterocycles. The molecule has 2 rings (SSSR count). The van der Waals surface area contributed by atoms with Crippen LogP contribution in [0.5, 0.6) is 0 Å². The first-order chi connectivity index (χ1) is 9.38. The topological polar surface area (TPSA) is 32.3 Å². The van der Waals surface area contributed by atoms with Crippen LogP contribution in [0.1, 0.15) is 18.4 Å². The van der Waals surface area contributed by atoms with Gasteiger partial charge in [-0.15, -0.1) is 0 Å². The Balaban J connectivity index is 2.01. The third-order valence-electron chi connectivity index (χ3n) is 3.17. The van der Waals surface area contributed by atoms with Gasteiger partial charge in [-0.25, -0.2) is 4.39 Å². The molecule has 0 spiro atoms. The van der Waals surface area contributed by atoms with Crippen molar-refractivity contribution in [2.75, 3.05) is 25.0 Å². The van der Waals surface area contributed by atoms with Gasteiger partial charge in [0.2, 0.25) is 5.91 Å².